The Morgan fingerprint density at radius 2 is 1.55 bits per heavy atom. The summed E-state index contributed by atoms with van der Waals surface area (Å²) in [7, 11) is 0. The highest BCUT2D eigenvalue weighted by atomic mass is 16.7. The van der Waals surface area contributed by atoms with E-state index in [1.807, 2.05) is 66.7 Å². The maximum Gasteiger partial charge on any atom is 0.303 e. The summed E-state index contributed by atoms with van der Waals surface area (Å²) >= 11 is 0. The van der Waals surface area contributed by atoms with Gasteiger partial charge in [0.2, 0.25) is 11.9 Å². The molecular weight excluding hydrogens is 622 g/mol. The number of ether oxygens (including phenoxy) is 2. The van der Waals surface area contributed by atoms with Crippen LogP contribution in [0.2, 0.25) is 0 Å². The van der Waals surface area contributed by atoms with Gasteiger partial charge in [-0.1, -0.05) is 66.7 Å². The molecule has 49 heavy (non-hydrogen) atoms. The van der Waals surface area contributed by atoms with Crippen LogP contribution in [-0.2, 0) is 32.2 Å². The van der Waals surface area contributed by atoms with Crippen molar-refractivity contribution in [2.75, 3.05) is 37.6 Å². The molecule has 1 amide bonds. The summed E-state index contributed by atoms with van der Waals surface area (Å²) in [6.45, 7) is 4.64. The molecule has 2 saturated heterocycles. The molecule has 2 fully saturated rings. The van der Waals surface area contributed by atoms with Crippen molar-refractivity contribution in [3.05, 3.63) is 114 Å². The van der Waals surface area contributed by atoms with Crippen molar-refractivity contribution in [3.63, 3.8) is 0 Å². The first kappa shape index (κ1) is 34.2. The van der Waals surface area contributed by atoms with Crippen molar-refractivity contribution in [2.45, 2.75) is 57.3 Å². The second kappa shape index (κ2) is 16.6. The van der Waals surface area contributed by atoms with Crippen LogP contribution in [0.15, 0.2) is 91.3 Å². The first-order chi connectivity index (χ1) is 23.9. The van der Waals surface area contributed by atoms with E-state index in [0.717, 1.165) is 78.5 Å². The Morgan fingerprint density at radius 3 is 2.27 bits per heavy atom. The number of carbonyl (C=O) groups is 2. The Kier molecular flexibility index (Phi) is 11.6. The molecule has 2 aliphatic heterocycles. The van der Waals surface area contributed by atoms with E-state index in [1.54, 1.807) is 12.4 Å². The molecule has 3 N–H and O–H groups in total. The Hall–Kier alpha value is -4.68. The van der Waals surface area contributed by atoms with E-state index in [1.165, 1.54) is 0 Å². The average molecular weight is 666 g/mol. The number of piperazine rings is 1. The summed E-state index contributed by atoms with van der Waals surface area (Å²) in [4.78, 5) is 36.3. The molecule has 0 bridgehead atoms. The molecule has 3 aromatic carbocycles. The van der Waals surface area contributed by atoms with E-state index in [2.05, 4.69) is 37.2 Å². The van der Waals surface area contributed by atoms with Gasteiger partial charge in [-0.15, -0.1) is 0 Å². The molecule has 3 unspecified atom stereocenters. The summed E-state index contributed by atoms with van der Waals surface area (Å²) in [5, 5.41) is 21.2. The highest BCUT2D eigenvalue weighted by Gasteiger charge is 2.34. The second-order valence-corrected chi connectivity index (χ2v) is 12.5. The van der Waals surface area contributed by atoms with E-state index >= 15 is 0 Å². The number of hydrogen-bond acceptors (Lipinski definition) is 9. The third kappa shape index (κ3) is 9.48. The minimum atomic E-state index is -0.897. The number of carbonyl (C=O) groups excluding carboxylic acids is 1. The fourth-order valence-electron chi connectivity index (χ4n) is 6.29. The van der Waals surface area contributed by atoms with Gasteiger partial charge in [0.1, 0.15) is 0 Å². The summed E-state index contributed by atoms with van der Waals surface area (Å²) in [5.74, 6) is -0.290. The van der Waals surface area contributed by atoms with Gasteiger partial charge >= 0.3 is 5.97 Å². The van der Waals surface area contributed by atoms with Crippen molar-refractivity contribution in [3.8, 4) is 11.1 Å². The minimum Gasteiger partial charge on any atom is -0.481 e. The maximum atomic E-state index is 12.1. The summed E-state index contributed by atoms with van der Waals surface area (Å²) in [5.41, 5.74) is 5.87. The lowest BCUT2D eigenvalue weighted by molar-refractivity contribution is -0.253. The first-order valence-electron chi connectivity index (χ1n) is 16.9. The Bertz CT molecular complexity index is 1660. The number of benzene rings is 3. The number of hydrogen-bond donors (Lipinski definition) is 3. The molecule has 0 saturated carbocycles. The van der Waals surface area contributed by atoms with Gasteiger partial charge in [-0.25, -0.2) is 9.97 Å². The molecular formula is C38H43N5O6. The fraction of sp³-hybridized carbons (Fsp3) is 0.368. The van der Waals surface area contributed by atoms with Crippen LogP contribution >= 0.6 is 0 Å². The molecule has 11 nitrogen and oxygen atoms in total. The van der Waals surface area contributed by atoms with E-state index in [4.69, 9.17) is 14.6 Å². The zero-order chi connectivity index (χ0) is 34.0. The van der Waals surface area contributed by atoms with Crippen molar-refractivity contribution in [2.24, 2.45) is 0 Å². The number of anilines is 1. The van der Waals surface area contributed by atoms with Gasteiger partial charge in [0, 0.05) is 76.5 Å². The van der Waals surface area contributed by atoms with E-state index in [0.29, 0.717) is 13.0 Å². The third-order valence-electron chi connectivity index (χ3n) is 9.01. The number of aliphatic hydroxyl groups excluding tert-OH is 1. The van der Waals surface area contributed by atoms with Gasteiger partial charge in [-0.05, 0) is 46.4 Å². The van der Waals surface area contributed by atoms with Crippen LogP contribution in [-0.4, -0.2) is 75.8 Å². The van der Waals surface area contributed by atoms with Crippen LogP contribution in [0.1, 0.15) is 60.3 Å². The molecule has 0 aliphatic carbocycles. The summed E-state index contributed by atoms with van der Waals surface area (Å²) in [6, 6.07) is 26.0. The van der Waals surface area contributed by atoms with Crippen molar-refractivity contribution in [1.82, 2.24) is 20.2 Å². The maximum absolute atomic E-state index is 12.1. The number of nitrogens with zero attached hydrogens (tertiary/aromatic N) is 4. The average Bonchev–Trinajstić information content (AvgIpc) is 3.14. The quantitative estimate of drug-likeness (QED) is 0.181. The monoisotopic (exact) mass is 665 g/mol. The molecule has 0 radical (unpaired) electrons. The number of carboxylic acid groups (broad SMARTS) is 1. The molecule has 3 atom stereocenters. The third-order valence-corrected chi connectivity index (χ3v) is 9.01. The Labute approximate surface area is 286 Å². The van der Waals surface area contributed by atoms with Gasteiger partial charge in [0.15, 0.2) is 6.29 Å². The van der Waals surface area contributed by atoms with Crippen LogP contribution in [0.3, 0.4) is 0 Å². The number of aliphatic hydroxyl groups is 1. The van der Waals surface area contributed by atoms with Crippen LogP contribution < -0.4 is 10.2 Å². The zero-order valence-corrected chi connectivity index (χ0v) is 27.5. The van der Waals surface area contributed by atoms with Crippen molar-refractivity contribution < 1.29 is 29.3 Å². The van der Waals surface area contributed by atoms with Gasteiger partial charge in [-0.2, -0.15) is 0 Å². The number of rotatable bonds is 13. The standard InChI is InChI=1S/C38H43N5O6/c44-26-27-8-10-30(11-9-27)34-23-33(25-42-18-20-43(21-19-42)38-39-16-3-17-40-38)48-37(49-34)31-14-12-29(13-15-31)32-5-1-4-28(22-32)24-41-35(45)6-2-7-36(46)47/h1,3-5,8-17,22,33-34,37,44H,2,6-7,18-21,23-26H2,(H,41,45)(H,46,47). The van der Waals surface area contributed by atoms with Crippen LogP contribution in [0, 0.1) is 0 Å². The number of aromatic nitrogens is 2. The SMILES string of the molecule is O=C(O)CCCC(=O)NCc1cccc(-c2ccc(C3OC(CN4CCN(c5ncccn5)CC4)CC(c4ccc(CO)cc4)O3)cc2)c1. The zero-order valence-electron chi connectivity index (χ0n) is 27.5. The predicted octanol–water partition coefficient (Wildman–Crippen LogP) is 4.87. The van der Waals surface area contributed by atoms with Crippen LogP contribution in [0.5, 0.6) is 0 Å². The molecule has 3 heterocycles. The van der Waals surface area contributed by atoms with Crippen LogP contribution in [0.4, 0.5) is 5.95 Å². The lowest BCUT2D eigenvalue weighted by Crippen LogP contribution is -2.50. The van der Waals surface area contributed by atoms with E-state index < -0.39 is 12.3 Å². The van der Waals surface area contributed by atoms with Gasteiger partial charge in [-0.3, -0.25) is 14.5 Å². The highest BCUT2D eigenvalue weighted by Crippen LogP contribution is 2.39. The Morgan fingerprint density at radius 1 is 0.816 bits per heavy atom. The lowest BCUT2D eigenvalue weighted by atomic mass is 9.98. The number of amides is 1. The molecule has 0 spiro atoms. The van der Waals surface area contributed by atoms with Gasteiger partial charge in [0.25, 0.3) is 0 Å². The lowest BCUT2D eigenvalue weighted by Gasteiger charge is -2.40. The molecule has 6 rings (SSSR count). The highest BCUT2D eigenvalue weighted by molar-refractivity contribution is 5.76. The van der Waals surface area contributed by atoms with Gasteiger partial charge < -0.3 is 29.9 Å². The van der Waals surface area contributed by atoms with Crippen molar-refractivity contribution in [1.29, 1.82) is 0 Å². The normalized spacial score (nSPS) is 19.8. The predicted molar refractivity (Wildman–Crippen MR) is 184 cm³/mol. The summed E-state index contributed by atoms with van der Waals surface area (Å²) < 4.78 is 13.2. The van der Waals surface area contributed by atoms with Crippen LogP contribution in [0.25, 0.3) is 11.1 Å². The first-order valence-corrected chi connectivity index (χ1v) is 16.9. The molecule has 256 valence electrons. The smallest absolute Gasteiger partial charge is 0.303 e. The summed E-state index contributed by atoms with van der Waals surface area (Å²) in [6.07, 6.45) is 4.02. The molecule has 2 aliphatic rings. The van der Waals surface area contributed by atoms with E-state index in [9.17, 15) is 14.7 Å². The molecule has 4 aromatic rings. The van der Waals surface area contributed by atoms with E-state index in [-0.39, 0.29) is 37.6 Å². The number of aliphatic carboxylic acids is 1. The number of carboxylic acids is 1. The fourth-order valence-corrected chi connectivity index (χ4v) is 6.29. The molecule has 1 aromatic heterocycles. The largest absolute Gasteiger partial charge is 0.481 e. The minimum absolute atomic E-state index is 0.00133. The van der Waals surface area contributed by atoms with Crippen molar-refractivity contribution >= 4 is 17.8 Å². The molecule has 11 heteroatoms. The topological polar surface area (TPSA) is 137 Å². The van der Waals surface area contributed by atoms with Gasteiger partial charge in [0.05, 0.1) is 18.8 Å². The number of nitrogens with one attached hydrogen (secondary N) is 1. The Balaban J connectivity index is 1.11. The second-order valence-electron chi connectivity index (χ2n) is 12.5.